The number of nitrogens with one attached hydrogen (secondary N) is 2. The molecule has 0 bridgehead atoms. The fraction of sp³-hybridized carbons (Fsp3) is 0.400. The van der Waals surface area contributed by atoms with Crippen LogP contribution in [0.2, 0.25) is 0 Å². The third-order valence-electron chi connectivity index (χ3n) is 7.07. The molecule has 3 atom stereocenters. The molecule has 0 aromatic heterocycles. The smallest absolute Gasteiger partial charge is 0.408 e. The Morgan fingerprint density at radius 1 is 0.953 bits per heavy atom. The van der Waals surface area contributed by atoms with Crippen molar-refractivity contribution in [3.63, 3.8) is 0 Å². The van der Waals surface area contributed by atoms with Crippen LogP contribution in [0.3, 0.4) is 0 Å². The second-order valence-electron chi connectivity index (χ2n) is 12.3. The standard InChI is InChI=1S/C35H45N3O5/c1-8-25-12-11-15-28(20-25)31(32(40)36-29-19-18-26-13-9-10-14-27(26)21-29)38(24(4)17-16-23(2)3)33(41)30(22-39)37-34(42)43-35(5,6)7/h8-15,18-21,23-24,30-31,39H,1,16-17,22H2,2-7H3,(H,36,40)(H,37,42). The van der Waals surface area contributed by atoms with Gasteiger partial charge in [-0.3, -0.25) is 9.59 Å². The van der Waals surface area contributed by atoms with Crippen LogP contribution in [0.25, 0.3) is 16.8 Å². The summed E-state index contributed by atoms with van der Waals surface area (Å²) in [5.41, 5.74) is 1.15. The number of anilines is 1. The van der Waals surface area contributed by atoms with Crippen molar-refractivity contribution in [2.45, 2.75) is 78.1 Å². The average Bonchev–Trinajstić information content (AvgIpc) is 2.95. The molecule has 0 fully saturated rings. The molecule has 8 heteroatoms. The van der Waals surface area contributed by atoms with Gasteiger partial charge in [0, 0.05) is 11.7 Å². The normalized spacial score (nSPS) is 13.6. The molecule has 0 saturated carbocycles. The van der Waals surface area contributed by atoms with Crippen molar-refractivity contribution < 1.29 is 24.2 Å². The molecule has 43 heavy (non-hydrogen) atoms. The lowest BCUT2D eigenvalue weighted by molar-refractivity contribution is -0.144. The molecule has 0 radical (unpaired) electrons. The highest BCUT2D eigenvalue weighted by molar-refractivity contribution is 6.00. The Kier molecular flexibility index (Phi) is 11.5. The number of carbonyl (C=O) groups excluding carboxylic acids is 3. The van der Waals surface area contributed by atoms with Gasteiger partial charge in [0.15, 0.2) is 0 Å². The topological polar surface area (TPSA) is 108 Å². The van der Waals surface area contributed by atoms with Gasteiger partial charge in [0.2, 0.25) is 5.91 Å². The molecule has 3 rings (SSSR count). The van der Waals surface area contributed by atoms with Crippen molar-refractivity contribution in [2.75, 3.05) is 11.9 Å². The molecule has 3 N–H and O–H groups in total. The van der Waals surface area contributed by atoms with Gasteiger partial charge in [-0.2, -0.15) is 0 Å². The predicted molar refractivity (Wildman–Crippen MR) is 172 cm³/mol. The van der Waals surface area contributed by atoms with Gasteiger partial charge in [-0.1, -0.05) is 75.0 Å². The van der Waals surface area contributed by atoms with Crippen molar-refractivity contribution >= 4 is 40.4 Å². The third-order valence-corrected chi connectivity index (χ3v) is 7.07. The van der Waals surface area contributed by atoms with Crippen LogP contribution in [0.1, 0.15) is 71.6 Å². The van der Waals surface area contributed by atoms with E-state index in [0.717, 1.165) is 22.8 Å². The highest BCUT2D eigenvalue weighted by Crippen LogP contribution is 2.30. The lowest BCUT2D eigenvalue weighted by Crippen LogP contribution is -2.56. The van der Waals surface area contributed by atoms with E-state index in [-0.39, 0.29) is 0 Å². The highest BCUT2D eigenvalue weighted by atomic mass is 16.6. The van der Waals surface area contributed by atoms with E-state index in [2.05, 4.69) is 31.1 Å². The van der Waals surface area contributed by atoms with Gasteiger partial charge >= 0.3 is 6.09 Å². The summed E-state index contributed by atoms with van der Waals surface area (Å²) in [6.45, 7) is 14.4. The molecule has 0 spiro atoms. The molecule has 3 unspecified atom stereocenters. The van der Waals surface area contributed by atoms with Crippen molar-refractivity contribution in [1.82, 2.24) is 10.2 Å². The zero-order valence-electron chi connectivity index (χ0n) is 26.1. The van der Waals surface area contributed by atoms with Crippen LogP contribution in [0, 0.1) is 5.92 Å². The van der Waals surface area contributed by atoms with E-state index in [1.165, 1.54) is 4.90 Å². The Hall–Kier alpha value is -4.17. The van der Waals surface area contributed by atoms with E-state index in [4.69, 9.17) is 4.74 Å². The second-order valence-corrected chi connectivity index (χ2v) is 12.3. The largest absolute Gasteiger partial charge is 0.444 e. The number of benzene rings is 3. The highest BCUT2D eigenvalue weighted by Gasteiger charge is 2.39. The van der Waals surface area contributed by atoms with Crippen LogP contribution in [-0.2, 0) is 14.3 Å². The monoisotopic (exact) mass is 587 g/mol. The minimum absolute atomic E-state index is 0.363. The van der Waals surface area contributed by atoms with Crippen molar-refractivity contribution in [3.05, 3.63) is 84.4 Å². The number of fused-ring (bicyclic) bond motifs is 1. The summed E-state index contributed by atoms with van der Waals surface area (Å²) in [4.78, 5) is 42.6. The number of alkyl carbamates (subject to hydrolysis) is 1. The number of hydrogen-bond acceptors (Lipinski definition) is 5. The van der Waals surface area contributed by atoms with E-state index in [1.54, 1.807) is 32.9 Å². The Morgan fingerprint density at radius 3 is 2.28 bits per heavy atom. The fourth-order valence-electron chi connectivity index (χ4n) is 4.90. The molecule has 0 heterocycles. The van der Waals surface area contributed by atoms with E-state index in [0.29, 0.717) is 23.6 Å². The van der Waals surface area contributed by atoms with Crippen molar-refractivity contribution in [2.24, 2.45) is 5.92 Å². The Bertz CT molecular complexity index is 1430. The number of ether oxygens (including phenoxy) is 1. The van der Waals surface area contributed by atoms with Gasteiger partial charge in [-0.25, -0.2) is 4.79 Å². The van der Waals surface area contributed by atoms with Gasteiger partial charge in [0.1, 0.15) is 17.7 Å². The second kappa shape index (κ2) is 14.8. The molecule has 3 aromatic carbocycles. The summed E-state index contributed by atoms with van der Waals surface area (Å²) in [5.74, 6) is -0.649. The number of carbonyl (C=O) groups is 3. The number of rotatable bonds is 12. The lowest BCUT2D eigenvalue weighted by atomic mass is 9.96. The summed E-state index contributed by atoms with van der Waals surface area (Å²) >= 11 is 0. The quantitative estimate of drug-likeness (QED) is 0.219. The van der Waals surface area contributed by atoms with Crippen molar-refractivity contribution in [3.8, 4) is 0 Å². The molecule has 0 aliphatic heterocycles. The minimum atomic E-state index is -1.32. The van der Waals surface area contributed by atoms with Crippen LogP contribution in [-0.4, -0.2) is 52.2 Å². The molecule has 3 amide bonds. The minimum Gasteiger partial charge on any atom is -0.444 e. The lowest BCUT2D eigenvalue weighted by Gasteiger charge is -2.38. The Morgan fingerprint density at radius 2 is 1.65 bits per heavy atom. The van der Waals surface area contributed by atoms with Crippen LogP contribution in [0.5, 0.6) is 0 Å². The first-order valence-electron chi connectivity index (χ1n) is 14.8. The van der Waals surface area contributed by atoms with Crippen molar-refractivity contribution in [1.29, 1.82) is 0 Å². The van der Waals surface area contributed by atoms with Gasteiger partial charge in [-0.05, 0) is 86.6 Å². The first-order chi connectivity index (χ1) is 20.3. The summed E-state index contributed by atoms with van der Waals surface area (Å²) in [6.07, 6.45) is 2.26. The van der Waals surface area contributed by atoms with Gasteiger partial charge in [-0.15, -0.1) is 0 Å². The molecule has 0 aliphatic rings. The first-order valence-corrected chi connectivity index (χ1v) is 14.8. The van der Waals surface area contributed by atoms with E-state index in [1.807, 2.05) is 67.6 Å². The Labute approximate surface area is 255 Å². The molecular weight excluding hydrogens is 542 g/mol. The zero-order valence-corrected chi connectivity index (χ0v) is 26.1. The average molecular weight is 588 g/mol. The molecule has 8 nitrogen and oxygen atoms in total. The molecule has 3 aromatic rings. The zero-order chi connectivity index (χ0) is 31.7. The van der Waals surface area contributed by atoms with E-state index in [9.17, 15) is 19.5 Å². The molecular formula is C35H45N3O5. The molecule has 0 saturated heterocycles. The van der Waals surface area contributed by atoms with Gasteiger partial charge in [0.25, 0.3) is 5.91 Å². The maximum absolute atomic E-state index is 14.3. The number of hydrogen-bond donors (Lipinski definition) is 3. The van der Waals surface area contributed by atoms with Crippen LogP contribution >= 0.6 is 0 Å². The summed E-state index contributed by atoms with van der Waals surface area (Å²) in [6, 6.07) is 18.0. The third kappa shape index (κ3) is 9.41. The maximum atomic E-state index is 14.3. The number of aliphatic hydroxyl groups excluding tert-OH is 1. The number of amides is 3. The number of aliphatic hydroxyl groups is 1. The van der Waals surface area contributed by atoms with Crippen LogP contribution in [0.4, 0.5) is 10.5 Å². The predicted octanol–water partition coefficient (Wildman–Crippen LogP) is 6.70. The van der Waals surface area contributed by atoms with Crippen LogP contribution < -0.4 is 10.6 Å². The van der Waals surface area contributed by atoms with E-state index >= 15 is 0 Å². The van der Waals surface area contributed by atoms with E-state index < -0.39 is 48.2 Å². The SMILES string of the molecule is C=Cc1cccc(C(C(=O)Nc2ccc3ccccc3c2)N(C(=O)C(CO)NC(=O)OC(C)(C)C)C(C)CCC(C)C)c1. The summed E-state index contributed by atoms with van der Waals surface area (Å²) < 4.78 is 5.35. The maximum Gasteiger partial charge on any atom is 0.408 e. The Balaban J connectivity index is 2.08. The number of nitrogens with zero attached hydrogens (tertiary/aromatic N) is 1. The van der Waals surface area contributed by atoms with Crippen LogP contribution in [0.15, 0.2) is 73.3 Å². The summed E-state index contributed by atoms with van der Waals surface area (Å²) in [5, 5.41) is 17.8. The van der Waals surface area contributed by atoms with Gasteiger partial charge in [0.05, 0.1) is 6.61 Å². The van der Waals surface area contributed by atoms with Gasteiger partial charge < -0.3 is 25.4 Å². The fourth-order valence-corrected chi connectivity index (χ4v) is 4.90. The first kappa shape index (κ1) is 33.3. The molecule has 0 aliphatic carbocycles. The molecule has 230 valence electrons. The summed E-state index contributed by atoms with van der Waals surface area (Å²) in [7, 11) is 0.